The van der Waals surface area contributed by atoms with Gasteiger partial charge in [0.15, 0.2) is 0 Å². The first kappa shape index (κ1) is 13.6. The van der Waals surface area contributed by atoms with Gasteiger partial charge in [-0.3, -0.25) is 4.79 Å². The third kappa shape index (κ3) is 4.57. The number of rotatable bonds is 5. The molecule has 0 saturated carbocycles. The highest BCUT2D eigenvalue weighted by Crippen LogP contribution is 2.18. The van der Waals surface area contributed by atoms with Crippen molar-refractivity contribution in [2.24, 2.45) is 5.10 Å². The number of alkyl halides is 2. The smallest absolute Gasteiger partial charge is 0.387 e. The van der Waals surface area contributed by atoms with Gasteiger partial charge in [0, 0.05) is 5.56 Å². The van der Waals surface area contributed by atoms with Crippen LogP contribution in [0.3, 0.4) is 0 Å². The van der Waals surface area contributed by atoms with Crippen molar-refractivity contribution in [3.63, 3.8) is 0 Å². The molecule has 0 aliphatic rings. The number of hydrazone groups is 1. The van der Waals surface area contributed by atoms with E-state index in [0.29, 0.717) is 0 Å². The minimum Gasteiger partial charge on any atom is -0.434 e. The zero-order chi connectivity index (χ0) is 13.4. The van der Waals surface area contributed by atoms with E-state index in [9.17, 15) is 13.6 Å². The summed E-state index contributed by atoms with van der Waals surface area (Å²) in [7, 11) is 0. The number of hydrogen-bond donors (Lipinski definition) is 1. The van der Waals surface area contributed by atoms with E-state index >= 15 is 0 Å². The molecule has 0 heterocycles. The fraction of sp³-hybridized carbons (Fsp3) is 0.182. The Labute approximate surface area is 102 Å². The Morgan fingerprint density at radius 2 is 2.28 bits per heavy atom. The maximum Gasteiger partial charge on any atom is 0.387 e. The molecule has 94 valence electrons. The molecule has 0 aliphatic heterocycles. The van der Waals surface area contributed by atoms with Crippen molar-refractivity contribution in [1.29, 1.82) is 5.26 Å². The zero-order valence-electron chi connectivity index (χ0n) is 9.14. The summed E-state index contributed by atoms with van der Waals surface area (Å²) in [5.41, 5.74) is 2.36. The van der Waals surface area contributed by atoms with E-state index in [0.717, 1.165) is 6.21 Å². The average Bonchev–Trinajstić information content (AvgIpc) is 2.31. The molecule has 0 aromatic heterocycles. The molecule has 5 nitrogen and oxygen atoms in total. The Bertz CT molecular complexity index is 483. The van der Waals surface area contributed by atoms with E-state index in [1.54, 1.807) is 12.1 Å². The molecular weight excluding hydrogens is 244 g/mol. The van der Waals surface area contributed by atoms with Gasteiger partial charge >= 0.3 is 6.61 Å². The number of hydrogen-bond acceptors (Lipinski definition) is 4. The van der Waals surface area contributed by atoms with Crippen LogP contribution in [0.2, 0.25) is 0 Å². The van der Waals surface area contributed by atoms with Gasteiger partial charge in [0.25, 0.3) is 5.91 Å². The van der Waals surface area contributed by atoms with Crippen molar-refractivity contribution in [1.82, 2.24) is 5.43 Å². The van der Waals surface area contributed by atoms with Gasteiger partial charge in [-0.05, 0) is 12.1 Å². The second-order valence-corrected chi connectivity index (χ2v) is 3.04. The van der Waals surface area contributed by atoms with Crippen molar-refractivity contribution >= 4 is 12.1 Å². The zero-order valence-corrected chi connectivity index (χ0v) is 9.14. The number of nitrogens with one attached hydrogen (secondary N) is 1. The first-order chi connectivity index (χ1) is 8.63. The minimum absolute atomic E-state index is 0.0502. The largest absolute Gasteiger partial charge is 0.434 e. The summed E-state index contributed by atoms with van der Waals surface area (Å²) in [6, 6.07) is 7.63. The topological polar surface area (TPSA) is 74.5 Å². The van der Waals surface area contributed by atoms with Crippen molar-refractivity contribution in [3.8, 4) is 11.8 Å². The van der Waals surface area contributed by atoms with Crippen molar-refractivity contribution in [3.05, 3.63) is 29.8 Å². The van der Waals surface area contributed by atoms with Crippen molar-refractivity contribution < 1.29 is 18.3 Å². The standard InChI is InChI=1S/C11H9F2N3O2/c12-11(13)18-9-4-2-1-3-8(9)7-15-16-10(17)5-6-14/h1-4,7,11H,5H2,(H,16,17)/b15-7-. The second-order valence-electron chi connectivity index (χ2n) is 3.04. The van der Waals surface area contributed by atoms with Gasteiger partial charge in [0.1, 0.15) is 12.2 Å². The van der Waals surface area contributed by atoms with E-state index in [1.807, 2.05) is 0 Å². The highest BCUT2D eigenvalue weighted by atomic mass is 19.3. The highest BCUT2D eigenvalue weighted by molar-refractivity contribution is 5.85. The van der Waals surface area contributed by atoms with Gasteiger partial charge in [-0.15, -0.1) is 0 Å². The van der Waals surface area contributed by atoms with Crippen LogP contribution in [-0.4, -0.2) is 18.7 Å². The van der Waals surface area contributed by atoms with Gasteiger partial charge < -0.3 is 4.74 Å². The third-order valence-corrected chi connectivity index (χ3v) is 1.77. The van der Waals surface area contributed by atoms with Gasteiger partial charge in [0.05, 0.1) is 12.3 Å². The molecule has 1 amide bonds. The summed E-state index contributed by atoms with van der Waals surface area (Å²) in [5, 5.41) is 11.8. The van der Waals surface area contributed by atoms with Gasteiger partial charge in [-0.1, -0.05) is 12.1 Å². The third-order valence-electron chi connectivity index (χ3n) is 1.77. The van der Waals surface area contributed by atoms with Crippen LogP contribution >= 0.6 is 0 Å². The molecule has 1 aromatic carbocycles. The molecule has 0 saturated heterocycles. The molecule has 1 aromatic rings. The van der Waals surface area contributed by atoms with Crippen LogP contribution in [0.15, 0.2) is 29.4 Å². The normalized spacial score (nSPS) is 10.3. The Morgan fingerprint density at radius 1 is 1.56 bits per heavy atom. The van der Waals surface area contributed by atoms with Crippen molar-refractivity contribution in [2.45, 2.75) is 13.0 Å². The predicted molar refractivity (Wildman–Crippen MR) is 59.0 cm³/mol. The van der Waals surface area contributed by atoms with Gasteiger partial charge in [0.2, 0.25) is 0 Å². The maximum absolute atomic E-state index is 12.1. The molecule has 0 radical (unpaired) electrons. The van der Waals surface area contributed by atoms with E-state index in [4.69, 9.17) is 5.26 Å². The summed E-state index contributed by atoms with van der Waals surface area (Å²) in [4.78, 5) is 10.9. The Morgan fingerprint density at radius 3 is 2.94 bits per heavy atom. The number of nitrogens with zero attached hydrogens (tertiary/aromatic N) is 2. The van der Waals surface area contributed by atoms with Crippen LogP contribution in [0.1, 0.15) is 12.0 Å². The summed E-state index contributed by atoms with van der Waals surface area (Å²) < 4.78 is 28.4. The number of ether oxygens (including phenoxy) is 1. The number of carbonyl (C=O) groups is 1. The molecule has 0 spiro atoms. The molecule has 18 heavy (non-hydrogen) atoms. The summed E-state index contributed by atoms with van der Waals surface area (Å²) in [6.07, 6.45) is 0.833. The van der Waals surface area contributed by atoms with Crippen LogP contribution in [-0.2, 0) is 4.79 Å². The Balaban J connectivity index is 2.69. The molecule has 7 heteroatoms. The quantitative estimate of drug-likeness (QED) is 0.640. The van der Waals surface area contributed by atoms with E-state index < -0.39 is 12.5 Å². The van der Waals surface area contributed by atoms with Gasteiger partial charge in [-0.2, -0.15) is 19.1 Å². The highest BCUT2D eigenvalue weighted by Gasteiger charge is 2.07. The fourth-order valence-electron chi connectivity index (χ4n) is 1.08. The molecule has 0 atom stereocenters. The lowest BCUT2D eigenvalue weighted by Gasteiger charge is -2.06. The number of halogens is 2. The SMILES string of the molecule is N#CCC(=O)N/N=C\c1ccccc1OC(F)F. The molecule has 0 fully saturated rings. The average molecular weight is 253 g/mol. The number of amides is 1. The Hall–Kier alpha value is -2.49. The molecular formula is C11H9F2N3O2. The number of para-hydroxylation sites is 1. The van der Waals surface area contributed by atoms with Crippen LogP contribution in [0.5, 0.6) is 5.75 Å². The summed E-state index contributed by atoms with van der Waals surface area (Å²) in [5.74, 6) is -0.633. The number of benzene rings is 1. The fourth-order valence-corrected chi connectivity index (χ4v) is 1.08. The maximum atomic E-state index is 12.1. The Kier molecular flexibility index (Phi) is 5.25. The van der Waals surface area contributed by atoms with Crippen LogP contribution in [0.25, 0.3) is 0 Å². The lowest BCUT2D eigenvalue weighted by atomic mass is 10.2. The minimum atomic E-state index is -2.94. The summed E-state index contributed by atoms with van der Waals surface area (Å²) >= 11 is 0. The van der Waals surface area contributed by atoms with E-state index in [2.05, 4.69) is 15.3 Å². The van der Waals surface area contributed by atoms with Crippen LogP contribution in [0, 0.1) is 11.3 Å². The first-order valence-electron chi connectivity index (χ1n) is 4.86. The molecule has 0 unspecified atom stereocenters. The van der Waals surface area contributed by atoms with E-state index in [1.165, 1.54) is 18.2 Å². The van der Waals surface area contributed by atoms with E-state index in [-0.39, 0.29) is 17.7 Å². The molecule has 1 rings (SSSR count). The number of nitriles is 1. The molecule has 0 aliphatic carbocycles. The number of carbonyl (C=O) groups excluding carboxylic acids is 1. The second kappa shape index (κ2) is 6.96. The van der Waals surface area contributed by atoms with Crippen LogP contribution < -0.4 is 10.2 Å². The van der Waals surface area contributed by atoms with Crippen molar-refractivity contribution in [2.75, 3.05) is 0 Å². The lowest BCUT2D eigenvalue weighted by Crippen LogP contribution is -2.16. The van der Waals surface area contributed by atoms with Crippen LogP contribution in [0.4, 0.5) is 8.78 Å². The monoisotopic (exact) mass is 253 g/mol. The summed E-state index contributed by atoms with van der Waals surface area (Å²) in [6.45, 7) is -2.94. The first-order valence-corrected chi connectivity index (χ1v) is 4.86. The molecule has 0 bridgehead atoms. The lowest BCUT2D eigenvalue weighted by molar-refractivity contribution is -0.120. The van der Waals surface area contributed by atoms with Gasteiger partial charge in [-0.25, -0.2) is 5.43 Å². The molecule has 1 N–H and O–H groups in total. The predicted octanol–water partition coefficient (Wildman–Crippen LogP) is 1.65.